The minimum Gasteiger partial charge on any atom is -0.545 e. The summed E-state index contributed by atoms with van der Waals surface area (Å²) < 4.78 is 11.1. The van der Waals surface area contributed by atoms with Gasteiger partial charge in [0, 0.05) is 23.8 Å². The molecule has 174 valence electrons. The first-order chi connectivity index (χ1) is 15.9. The number of aliphatic hydroxyl groups is 2. The summed E-state index contributed by atoms with van der Waals surface area (Å²) >= 11 is 5.91. The molecule has 3 rings (SSSR count). The molecule has 0 fully saturated rings. The molecule has 1 heterocycles. The fourth-order valence-electron chi connectivity index (χ4n) is 3.03. The maximum atomic E-state index is 11.2. The molecule has 0 amide bonds. The van der Waals surface area contributed by atoms with Crippen LogP contribution in [0.3, 0.4) is 0 Å². The number of halogens is 1. The first kappa shape index (κ1) is 28.1. The number of ether oxygens (including phenoxy) is 2. The molecule has 0 spiro atoms. The Morgan fingerprint density at radius 2 is 1.88 bits per heavy atom. The van der Waals surface area contributed by atoms with E-state index in [0.29, 0.717) is 22.9 Å². The quantitative estimate of drug-likeness (QED) is 0.269. The van der Waals surface area contributed by atoms with Gasteiger partial charge in [0.05, 0.1) is 18.1 Å². The van der Waals surface area contributed by atoms with E-state index in [1.54, 1.807) is 48.5 Å². The van der Waals surface area contributed by atoms with Crippen molar-refractivity contribution in [3.8, 4) is 17.4 Å². The number of pyridine rings is 1. The minimum atomic E-state index is -1.37. The summed E-state index contributed by atoms with van der Waals surface area (Å²) in [6.07, 6.45) is 1.17. The average molecular weight is 495 g/mol. The number of nitrogens with one attached hydrogen (secondary N) is 1. The molecule has 0 unspecified atom stereocenters. The van der Waals surface area contributed by atoms with Crippen LogP contribution in [0.5, 0.6) is 17.4 Å². The average Bonchev–Trinajstić information content (AvgIpc) is 2.81. The van der Waals surface area contributed by atoms with E-state index in [0.717, 1.165) is 5.56 Å². The zero-order valence-corrected chi connectivity index (χ0v) is 21.4. The van der Waals surface area contributed by atoms with Gasteiger partial charge in [-0.1, -0.05) is 29.8 Å². The number of hydrogen-bond acceptors (Lipinski definition) is 8. The number of aromatic carboxylic acids is 1. The van der Waals surface area contributed by atoms with E-state index < -0.39 is 12.1 Å². The van der Waals surface area contributed by atoms with Crippen LogP contribution < -0.4 is 49.5 Å². The van der Waals surface area contributed by atoms with E-state index in [1.165, 1.54) is 18.3 Å². The number of hydrogen-bond donors (Lipinski definition) is 3. The van der Waals surface area contributed by atoms with Gasteiger partial charge in [-0.15, -0.1) is 0 Å². The van der Waals surface area contributed by atoms with Crippen molar-refractivity contribution in [2.24, 2.45) is 0 Å². The van der Waals surface area contributed by atoms with Gasteiger partial charge in [-0.3, -0.25) is 0 Å². The Kier molecular flexibility index (Phi) is 11.8. The van der Waals surface area contributed by atoms with Crippen molar-refractivity contribution in [2.45, 2.75) is 18.6 Å². The van der Waals surface area contributed by atoms with Gasteiger partial charge in [-0.05, 0) is 54.4 Å². The molecule has 2 aromatic carbocycles. The maximum Gasteiger partial charge on any atom is 1.00 e. The van der Waals surface area contributed by atoms with Crippen molar-refractivity contribution in [1.29, 1.82) is 0 Å². The second kappa shape index (κ2) is 14.3. The minimum absolute atomic E-state index is 0. The van der Waals surface area contributed by atoms with Crippen LogP contribution in [-0.4, -0.2) is 53.1 Å². The molecule has 34 heavy (non-hydrogen) atoms. The van der Waals surface area contributed by atoms with Crippen LogP contribution in [0, 0.1) is 0 Å². The molecule has 0 aliphatic rings. The molecule has 1 aromatic heterocycles. The van der Waals surface area contributed by atoms with Crippen LogP contribution in [0.15, 0.2) is 66.9 Å². The number of carboxylic acids is 1. The largest absolute Gasteiger partial charge is 1.00 e. The molecule has 3 N–H and O–H groups in total. The Balaban J connectivity index is 0.00000408. The first-order valence-corrected chi connectivity index (χ1v) is 10.7. The number of carbonyl (C=O) groups excluding carboxylic acids is 1. The number of aromatic nitrogens is 1. The zero-order valence-electron chi connectivity index (χ0n) is 18.7. The van der Waals surface area contributed by atoms with Crippen LogP contribution in [0.4, 0.5) is 0 Å². The second-order valence-electron chi connectivity index (χ2n) is 7.30. The summed E-state index contributed by atoms with van der Waals surface area (Å²) in [4.78, 5) is 15.1. The third-order valence-electron chi connectivity index (χ3n) is 4.71. The molecule has 0 aliphatic carbocycles. The molecular formula is C24H24ClN2NaO6. The summed E-state index contributed by atoms with van der Waals surface area (Å²) in [5.74, 6) is -0.428. The summed E-state index contributed by atoms with van der Waals surface area (Å²) in [5, 5.41) is 34.7. The number of rotatable bonds is 12. The number of benzene rings is 2. The van der Waals surface area contributed by atoms with E-state index >= 15 is 0 Å². The zero-order chi connectivity index (χ0) is 23.6. The second-order valence-corrected chi connectivity index (χ2v) is 7.74. The summed E-state index contributed by atoms with van der Waals surface area (Å²) in [6.45, 7) is 0.195. The van der Waals surface area contributed by atoms with Crippen LogP contribution in [0.2, 0.25) is 5.02 Å². The Labute approximate surface area is 224 Å². The van der Waals surface area contributed by atoms with Crippen molar-refractivity contribution < 1.29 is 59.1 Å². The normalized spacial score (nSPS) is 12.3. The van der Waals surface area contributed by atoms with Gasteiger partial charge in [0.1, 0.15) is 24.2 Å². The molecule has 2 atom stereocenters. The molecule has 0 radical (unpaired) electrons. The SMILES string of the molecule is O=C([O-])c1cccnc1Oc1ccc(C[C@@H](CO)NC[C@H](O)COc2cccc(Cl)c2)cc1.[Na+]. The molecule has 0 bridgehead atoms. The fourth-order valence-corrected chi connectivity index (χ4v) is 3.21. The molecule has 3 aromatic rings. The van der Waals surface area contributed by atoms with E-state index in [2.05, 4.69) is 10.3 Å². The van der Waals surface area contributed by atoms with E-state index in [1.807, 2.05) is 0 Å². The van der Waals surface area contributed by atoms with Crippen LogP contribution >= 0.6 is 11.6 Å². The van der Waals surface area contributed by atoms with Crippen molar-refractivity contribution >= 4 is 17.6 Å². The van der Waals surface area contributed by atoms with E-state index in [4.69, 9.17) is 21.1 Å². The van der Waals surface area contributed by atoms with Gasteiger partial charge < -0.3 is 34.9 Å². The van der Waals surface area contributed by atoms with Gasteiger partial charge >= 0.3 is 29.6 Å². The summed E-state index contributed by atoms with van der Waals surface area (Å²) in [7, 11) is 0. The summed E-state index contributed by atoms with van der Waals surface area (Å²) in [6, 6.07) is 16.5. The van der Waals surface area contributed by atoms with Crippen molar-refractivity contribution in [3.05, 3.63) is 83.0 Å². The summed E-state index contributed by atoms with van der Waals surface area (Å²) in [5.41, 5.74) is 0.781. The van der Waals surface area contributed by atoms with Crippen LogP contribution in [0.1, 0.15) is 15.9 Å². The first-order valence-electron chi connectivity index (χ1n) is 10.3. The van der Waals surface area contributed by atoms with Gasteiger partial charge in [0.2, 0.25) is 5.88 Å². The van der Waals surface area contributed by atoms with Crippen LogP contribution in [-0.2, 0) is 6.42 Å². The Morgan fingerprint density at radius 1 is 1.12 bits per heavy atom. The Hall–Kier alpha value is -2.17. The van der Waals surface area contributed by atoms with Crippen LogP contribution in [0.25, 0.3) is 0 Å². The molecule has 0 saturated carbocycles. The predicted octanol–water partition coefficient (Wildman–Crippen LogP) is -1.17. The molecule has 0 aliphatic heterocycles. The fraction of sp³-hybridized carbons (Fsp3) is 0.250. The van der Waals surface area contributed by atoms with Crippen molar-refractivity contribution in [3.63, 3.8) is 0 Å². The number of aliphatic hydroxyl groups excluding tert-OH is 2. The molecule has 0 saturated heterocycles. The third-order valence-corrected chi connectivity index (χ3v) is 4.95. The standard InChI is InChI=1S/C24H25ClN2O6.Na/c25-17-3-1-4-21(12-17)32-15-19(29)13-27-18(14-28)11-16-6-8-20(9-7-16)33-23-22(24(30)31)5-2-10-26-23;/h1-10,12,18-19,27-29H,11,13-15H2,(H,30,31);/q;+1/p-1/t18-,19-;/m0./s1. The molecular weight excluding hydrogens is 471 g/mol. The van der Waals surface area contributed by atoms with E-state index in [-0.39, 0.29) is 66.8 Å². The monoisotopic (exact) mass is 494 g/mol. The van der Waals surface area contributed by atoms with Gasteiger partial charge in [0.15, 0.2) is 0 Å². The third kappa shape index (κ3) is 8.88. The van der Waals surface area contributed by atoms with Gasteiger partial charge in [-0.25, -0.2) is 4.98 Å². The van der Waals surface area contributed by atoms with Gasteiger partial charge in [0.25, 0.3) is 0 Å². The molecule has 10 heteroatoms. The Bertz CT molecular complexity index is 1050. The predicted molar refractivity (Wildman–Crippen MR) is 121 cm³/mol. The topological polar surface area (TPSA) is 124 Å². The maximum absolute atomic E-state index is 11.2. The number of carboxylic acid groups (broad SMARTS) is 1. The van der Waals surface area contributed by atoms with Crippen molar-refractivity contribution in [2.75, 3.05) is 19.8 Å². The Morgan fingerprint density at radius 3 is 2.56 bits per heavy atom. The molecule has 8 nitrogen and oxygen atoms in total. The number of carbonyl (C=O) groups is 1. The van der Waals surface area contributed by atoms with Gasteiger partial charge in [-0.2, -0.15) is 0 Å². The smallest absolute Gasteiger partial charge is 0.545 e. The van der Waals surface area contributed by atoms with Crippen molar-refractivity contribution in [1.82, 2.24) is 10.3 Å². The number of nitrogens with zero attached hydrogens (tertiary/aromatic N) is 1. The van der Waals surface area contributed by atoms with E-state index in [9.17, 15) is 20.1 Å².